The highest BCUT2D eigenvalue weighted by Gasteiger charge is 2.10. The zero-order valence-corrected chi connectivity index (χ0v) is 15.9. The van der Waals surface area contributed by atoms with Gasteiger partial charge in [-0.1, -0.05) is 26.0 Å². The molecule has 0 aliphatic rings. The van der Waals surface area contributed by atoms with Gasteiger partial charge in [0.2, 0.25) is 5.75 Å². The molecule has 0 radical (unpaired) electrons. The van der Waals surface area contributed by atoms with Crippen LogP contribution in [0.25, 0.3) is 0 Å². The third-order valence-electron chi connectivity index (χ3n) is 3.82. The van der Waals surface area contributed by atoms with E-state index in [0.29, 0.717) is 17.2 Å². The monoisotopic (exact) mass is 372 g/mol. The number of phenolic OH excluding ortho intramolecular Hbond substituents is 1. The summed E-state index contributed by atoms with van der Waals surface area (Å²) in [4.78, 5) is 11.8. The molecule has 7 heteroatoms. The summed E-state index contributed by atoms with van der Waals surface area (Å²) in [6.45, 7) is 4.07. The van der Waals surface area contributed by atoms with E-state index in [4.69, 9.17) is 14.2 Å². The summed E-state index contributed by atoms with van der Waals surface area (Å²) in [5.41, 5.74) is 4.18. The Hall–Kier alpha value is -3.22. The van der Waals surface area contributed by atoms with Crippen LogP contribution in [-0.4, -0.2) is 38.1 Å². The average molecular weight is 372 g/mol. The number of nitrogens with one attached hydrogen (secondary N) is 1. The van der Waals surface area contributed by atoms with Gasteiger partial charge in [-0.2, -0.15) is 5.10 Å². The van der Waals surface area contributed by atoms with E-state index in [1.165, 1.54) is 26.0 Å². The van der Waals surface area contributed by atoms with E-state index in [9.17, 15) is 9.90 Å². The first kappa shape index (κ1) is 20.1. The number of hydrazone groups is 1. The van der Waals surface area contributed by atoms with Crippen LogP contribution < -0.4 is 19.6 Å². The molecule has 0 aromatic heterocycles. The van der Waals surface area contributed by atoms with Crippen LogP contribution in [0.3, 0.4) is 0 Å². The zero-order valence-electron chi connectivity index (χ0n) is 15.9. The maximum atomic E-state index is 11.8. The molecule has 2 aromatic rings. The SMILES string of the molecule is COc1cc(/C=N/NC(=O)COc2ccc(C(C)C)cc2)cc(OC)c1O. The molecular formula is C20H24N2O5. The van der Waals surface area contributed by atoms with E-state index >= 15 is 0 Å². The molecule has 0 unspecified atom stereocenters. The molecule has 0 saturated heterocycles. The average Bonchev–Trinajstić information content (AvgIpc) is 2.67. The van der Waals surface area contributed by atoms with Gasteiger partial charge < -0.3 is 19.3 Å². The minimum atomic E-state index is -0.392. The zero-order chi connectivity index (χ0) is 19.8. The number of hydrogen-bond acceptors (Lipinski definition) is 6. The van der Waals surface area contributed by atoms with Gasteiger partial charge in [-0.15, -0.1) is 0 Å². The smallest absolute Gasteiger partial charge is 0.277 e. The van der Waals surface area contributed by atoms with E-state index in [1.54, 1.807) is 12.1 Å². The van der Waals surface area contributed by atoms with Crippen LogP contribution in [0.2, 0.25) is 0 Å². The number of nitrogens with zero attached hydrogens (tertiary/aromatic N) is 1. The normalized spacial score (nSPS) is 10.9. The molecule has 2 aromatic carbocycles. The summed E-state index contributed by atoms with van der Waals surface area (Å²) in [6, 6.07) is 10.8. The van der Waals surface area contributed by atoms with Crippen molar-refractivity contribution in [3.63, 3.8) is 0 Å². The second-order valence-electron chi connectivity index (χ2n) is 6.08. The maximum absolute atomic E-state index is 11.8. The summed E-state index contributed by atoms with van der Waals surface area (Å²) in [5, 5.41) is 13.7. The Kier molecular flexibility index (Phi) is 7.05. The minimum absolute atomic E-state index is 0.0990. The van der Waals surface area contributed by atoms with E-state index in [-0.39, 0.29) is 23.9 Å². The fraction of sp³-hybridized carbons (Fsp3) is 0.300. The van der Waals surface area contributed by atoms with E-state index in [0.717, 1.165) is 0 Å². The van der Waals surface area contributed by atoms with Gasteiger partial charge in [0.15, 0.2) is 18.1 Å². The fourth-order valence-corrected chi connectivity index (χ4v) is 2.30. The Morgan fingerprint density at radius 1 is 1.15 bits per heavy atom. The number of benzene rings is 2. The number of carbonyl (C=O) groups excluding carboxylic acids is 1. The Balaban J connectivity index is 1.89. The molecule has 7 nitrogen and oxygen atoms in total. The van der Waals surface area contributed by atoms with Gasteiger partial charge in [0.05, 0.1) is 20.4 Å². The molecule has 27 heavy (non-hydrogen) atoms. The van der Waals surface area contributed by atoms with Gasteiger partial charge in [-0.3, -0.25) is 4.79 Å². The molecule has 0 fully saturated rings. The minimum Gasteiger partial charge on any atom is -0.502 e. The van der Waals surface area contributed by atoms with Crippen molar-refractivity contribution in [3.8, 4) is 23.0 Å². The van der Waals surface area contributed by atoms with E-state index < -0.39 is 5.91 Å². The fourth-order valence-electron chi connectivity index (χ4n) is 2.30. The number of amides is 1. The van der Waals surface area contributed by atoms with Crippen LogP contribution in [0.5, 0.6) is 23.0 Å². The van der Waals surface area contributed by atoms with Crippen molar-refractivity contribution < 1.29 is 24.1 Å². The first-order chi connectivity index (χ1) is 12.9. The van der Waals surface area contributed by atoms with Gasteiger partial charge in [0.25, 0.3) is 5.91 Å². The number of rotatable bonds is 8. The molecule has 0 heterocycles. The summed E-state index contributed by atoms with van der Waals surface area (Å²) >= 11 is 0. The number of methoxy groups -OCH3 is 2. The van der Waals surface area contributed by atoms with Gasteiger partial charge in [-0.25, -0.2) is 5.43 Å². The Bertz CT molecular complexity index is 776. The molecule has 144 valence electrons. The van der Waals surface area contributed by atoms with Gasteiger partial charge in [0.1, 0.15) is 5.75 Å². The number of ether oxygens (including phenoxy) is 3. The third-order valence-corrected chi connectivity index (χ3v) is 3.82. The van der Waals surface area contributed by atoms with Crippen molar-refractivity contribution in [2.75, 3.05) is 20.8 Å². The van der Waals surface area contributed by atoms with Gasteiger partial charge in [0, 0.05) is 5.56 Å². The lowest BCUT2D eigenvalue weighted by Crippen LogP contribution is -2.24. The standard InChI is InChI=1S/C20H24N2O5/c1-13(2)15-5-7-16(8-6-15)27-12-19(23)22-21-11-14-9-17(25-3)20(24)18(10-14)26-4/h5-11,13,24H,12H2,1-4H3,(H,22,23)/b21-11+. The molecule has 0 aliphatic carbocycles. The summed E-state index contributed by atoms with van der Waals surface area (Å²) in [5.74, 6) is 1.06. The lowest BCUT2D eigenvalue weighted by molar-refractivity contribution is -0.123. The molecule has 1 amide bonds. The van der Waals surface area contributed by atoms with Crippen molar-refractivity contribution in [1.82, 2.24) is 5.43 Å². The van der Waals surface area contributed by atoms with Gasteiger partial charge >= 0.3 is 0 Å². The molecule has 0 saturated carbocycles. The summed E-state index contributed by atoms with van der Waals surface area (Å²) in [6.07, 6.45) is 1.42. The van der Waals surface area contributed by atoms with Crippen LogP contribution >= 0.6 is 0 Å². The van der Waals surface area contributed by atoms with Crippen molar-refractivity contribution in [2.45, 2.75) is 19.8 Å². The Morgan fingerprint density at radius 2 is 1.74 bits per heavy atom. The quantitative estimate of drug-likeness (QED) is 0.549. The first-order valence-electron chi connectivity index (χ1n) is 8.44. The molecular weight excluding hydrogens is 348 g/mol. The predicted molar refractivity (Wildman–Crippen MR) is 103 cm³/mol. The summed E-state index contributed by atoms with van der Waals surface area (Å²) in [7, 11) is 2.87. The first-order valence-corrected chi connectivity index (χ1v) is 8.44. The van der Waals surface area contributed by atoms with Crippen molar-refractivity contribution in [3.05, 3.63) is 47.5 Å². The predicted octanol–water partition coefficient (Wildman–Crippen LogP) is 3.06. The van der Waals surface area contributed by atoms with Crippen LogP contribution in [0.4, 0.5) is 0 Å². The molecule has 0 spiro atoms. The summed E-state index contributed by atoms with van der Waals surface area (Å²) < 4.78 is 15.6. The number of aromatic hydroxyl groups is 1. The number of hydrogen-bond donors (Lipinski definition) is 2. The molecule has 0 atom stereocenters. The molecule has 2 rings (SSSR count). The highest BCUT2D eigenvalue weighted by molar-refractivity contribution is 5.84. The Labute approximate surface area is 158 Å². The van der Waals surface area contributed by atoms with Gasteiger partial charge in [-0.05, 0) is 35.7 Å². The number of phenols is 1. The topological polar surface area (TPSA) is 89.4 Å². The van der Waals surface area contributed by atoms with Crippen molar-refractivity contribution in [2.24, 2.45) is 5.10 Å². The molecule has 2 N–H and O–H groups in total. The molecule has 0 bridgehead atoms. The highest BCUT2D eigenvalue weighted by Crippen LogP contribution is 2.36. The van der Waals surface area contributed by atoms with Crippen molar-refractivity contribution in [1.29, 1.82) is 0 Å². The molecule has 0 aliphatic heterocycles. The lowest BCUT2D eigenvalue weighted by Gasteiger charge is -2.09. The number of carbonyl (C=O) groups is 1. The maximum Gasteiger partial charge on any atom is 0.277 e. The van der Waals surface area contributed by atoms with E-state index in [2.05, 4.69) is 24.4 Å². The van der Waals surface area contributed by atoms with Crippen molar-refractivity contribution >= 4 is 12.1 Å². The second kappa shape index (κ2) is 9.47. The lowest BCUT2D eigenvalue weighted by atomic mass is 10.0. The second-order valence-corrected chi connectivity index (χ2v) is 6.08. The van der Waals surface area contributed by atoms with Crippen LogP contribution in [0.15, 0.2) is 41.5 Å². The Morgan fingerprint density at radius 3 is 2.26 bits per heavy atom. The van der Waals surface area contributed by atoms with Crippen LogP contribution in [0.1, 0.15) is 30.9 Å². The third kappa shape index (κ3) is 5.64. The van der Waals surface area contributed by atoms with E-state index in [1.807, 2.05) is 24.3 Å². The van der Waals surface area contributed by atoms with Crippen LogP contribution in [-0.2, 0) is 4.79 Å². The highest BCUT2D eigenvalue weighted by atomic mass is 16.5. The van der Waals surface area contributed by atoms with Crippen LogP contribution in [0, 0.1) is 0 Å². The largest absolute Gasteiger partial charge is 0.502 e.